The summed E-state index contributed by atoms with van der Waals surface area (Å²) < 4.78 is 35.1. The molecule has 0 aliphatic carbocycles. The highest BCUT2D eigenvalue weighted by Gasteiger charge is 2.30. The summed E-state index contributed by atoms with van der Waals surface area (Å²) in [4.78, 5) is 32.7. The molecule has 3 heterocycles. The van der Waals surface area contributed by atoms with Gasteiger partial charge in [-0.2, -0.15) is 4.31 Å². The van der Waals surface area contributed by atoms with Crippen LogP contribution in [0.15, 0.2) is 99.6 Å². The molecule has 10 nitrogen and oxygen atoms in total. The second kappa shape index (κ2) is 14.0. The van der Waals surface area contributed by atoms with E-state index >= 15 is 0 Å². The van der Waals surface area contributed by atoms with Gasteiger partial charge in [-0.15, -0.1) is 0 Å². The van der Waals surface area contributed by atoms with Crippen molar-refractivity contribution in [2.24, 2.45) is 10.9 Å². The fraction of sp³-hybridized carbons (Fsp3) is 0.278. The monoisotopic (exact) mass is 685 g/mol. The van der Waals surface area contributed by atoms with E-state index in [0.717, 1.165) is 0 Å². The van der Waals surface area contributed by atoms with Crippen LogP contribution in [0.4, 0.5) is 0 Å². The molecular weight excluding hydrogens is 650 g/mol. The molecule has 2 aliphatic heterocycles. The molecule has 248 valence electrons. The van der Waals surface area contributed by atoms with E-state index in [4.69, 9.17) is 26.7 Å². The Morgan fingerprint density at radius 1 is 1.06 bits per heavy atom. The van der Waals surface area contributed by atoms with Gasteiger partial charge in [0.2, 0.25) is 10.0 Å². The SMILES string of the molecule is CCC1CC=C(c2cccc(S(=O)(=O)N3CCOCC3)c2)N=C(C(=O)NC(C)c2cc3cccc(Cl)c3c(=O)n2-c2ccccc2)C1=N. The van der Waals surface area contributed by atoms with Crippen molar-refractivity contribution in [3.05, 3.63) is 112 Å². The molecule has 2 N–H and O–H groups in total. The van der Waals surface area contributed by atoms with Gasteiger partial charge in [0.1, 0.15) is 5.71 Å². The van der Waals surface area contributed by atoms with Crippen molar-refractivity contribution >= 4 is 55.4 Å². The maximum atomic E-state index is 14.0. The standard InChI is InChI=1S/C36H36ClN5O5S/c1-3-24-15-16-30(25-9-7-13-28(21-25)48(45,46)41-17-19-47-20-18-41)40-34(33(24)38)35(43)39-23(2)31-22-26-10-8-14-29(37)32(26)36(44)42(31)27-11-5-4-6-12-27/h4-14,16,21-24,38H,3,15,17-20H2,1-2H3,(H,39,43). The third-order valence-corrected chi connectivity index (χ3v) is 11.0. The second-order valence-corrected chi connectivity index (χ2v) is 14.1. The minimum Gasteiger partial charge on any atom is -0.379 e. The predicted molar refractivity (Wildman–Crippen MR) is 189 cm³/mol. The lowest BCUT2D eigenvalue weighted by atomic mass is 9.93. The molecule has 0 bridgehead atoms. The number of benzene rings is 3. The molecule has 4 aromatic rings. The zero-order valence-corrected chi connectivity index (χ0v) is 28.2. The normalized spacial score (nSPS) is 18.1. The summed E-state index contributed by atoms with van der Waals surface area (Å²) in [6, 6.07) is 22.0. The fourth-order valence-electron chi connectivity index (χ4n) is 6.11. The number of fused-ring (bicyclic) bond motifs is 1. The highest BCUT2D eigenvalue weighted by Crippen LogP contribution is 2.29. The van der Waals surface area contributed by atoms with Gasteiger partial charge < -0.3 is 15.5 Å². The van der Waals surface area contributed by atoms with Crippen molar-refractivity contribution in [2.75, 3.05) is 26.3 Å². The first-order valence-electron chi connectivity index (χ1n) is 15.9. The van der Waals surface area contributed by atoms with Gasteiger partial charge in [-0.3, -0.25) is 14.2 Å². The topological polar surface area (TPSA) is 134 Å². The number of morpholine rings is 1. The number of ether oxygens (including phenoxy) is 1. The third kappa shape index (κ3) is 6.51. The van der Waals surface area contributed by atoms with E-state index in [0.29, 0.717) is 64.5 Å². The van der Waals surface area contributed by atoms with Crippen molar-refractivity contribution in [3.8, 4) is 5.69 Å². The molecule has 1 fully saturated rings. The van der Waals surface area contributed by atoms with Crippen molar-refractivity contribution in [1.82, 2.24) is 14.2 Å². The largest absolute Gasteiger partial charge is 0.379 e. The van der Waals surface area contributed by atoms with Gasteiger partial charge in [0.15, 0.2) is 0 Å². The van der Waals surface area contributed by atoms with E-state index in [2.05, 4.69) is 5.32 Å². The van der Waals surface area contributed by atoms with Gasteiger partial charge >= 0.3 is 0 Å². The number of sulfonamides is 1. The molecule has 0 spiro atoms. The Kier molecular flexibility index (Phi) is 9.75. The predicted octanol–water partition coefficient (Wildman–Crippen LogP) is 5.77. The first kappa shape index (κ1) is 33.5. The van der Waals surface area contributed by atoms with Gasteiger partial charge in [0, 0.05) is 36.0 Å². The van der Waals surface area contributed by atoms with Crippen molar-refractivity contribution in [1.29, 1.82) is 5.41 Å². The summed E-state index contributed by atoms with van der Waals surface area (Å²) in [6.07, 6.45) is 2.92. The average Bonchev–Trinajstić information content (AvgIpc) is 3.27. The van der Waals surface area contributed by atoms with E-state index in [9.17, 15) is 18.0 Å². The molecule has 1 amide bonds. The number of hydrogen-bond acceptors (Lipinski definition) is 7. The van der Waals surface area contributed by atoms with Crippen LogP contribution in [-0.4, -0.2) is 60.9 Å². The van der Waals surface area contributed by atoms with E-state index in [1.54, 1.807) is 54.0 Å². The minimum atomic E-state index is -3.76. The van der Waals surface area contributed by atoms with Crippen LogP contribution in [0.25, 0.3) is 22.2 Å². The van der Waals surface area contributed by atoms with Crippen LogP contribution in [0.1, 0.15) is 44.0 Å². The van der Waals surface area contributed by atoms with Gasteiger partial charge in [-0.05, 0) is 61.5 Å². The molecule has 0 saturated carbocycles. The zero-order valence-electron chi connectivity index (χ0n) is 26.6. The Hall–Kier alpha value is -4.42. The average molecular weight is 686 g/mol. The van der Waals surface area contributed by atoms with E-state index in [1.807, 2.05) is 49.4 Å². The molecule has 12 heteroatoms. The van der Waals surface area contributed by atoms with Crippen LogP contribution in [0.2, 0.25) is 5.02 Å². The van der Waals surface area contributed by atoms with Crippen molar-refractivity contribution in [3.63, 3.8) is 0 Å². The Morgan fingerprint density at radius 2 is 1.79 bits per heavy atom. The Morgan fingerprint density at radius 3 is 2.52 bits per heavy atom. The van der Waals surface area contributed by atoms with E-state index < -0.39 is 22.0 Å². The number of carbonyl (C=O) groups excluding carboxylic acids is 1. The number of aliphatic imine (C=N–C) groups is 1. The molecule has 1 saturated heterocycles. The number of amides is 1. The van der Waals surface area contributed by atoms with Gasteiger partial charge in [0.25, 0.3) is 11.5 Å². The van der Waals surface area contributed by atoms with Crippen molar-refractivity contribution in [2.45, 2.75) is 37.6 Å². The minimum absolute atomic E-state index is 0.0590. The van der Waals surface area contributed by atoms with Crippen LogP contribution < -0.4 is 10.9 Å². The molecule has 2 unspecified atom stereocenters. The molecule has 3 aromatic carbocycles. The molecule has 0 radical (unpaired) electrons. The van der Waals surface area contributed by atoms with Crippen LogP contribution >= 0.6 is 11.6 Å². The fourth-order valence-corrected chi connectivity index (χ4v) is 7.83. The number of nitrogens with one attached hydrogen (secondary N) is 2. The Bertz CT molecular complexity index is 2120. The maximum Gasteiger partial charge on any atom is 0.272 e. The molecule has 1 aromatic heterocycles. The highest BCUT2D eigenvalue weighted by atomic mass is 35.5. The summed E-state index contributed by atoms with van der Waals surface area (Å²) in [5.74, 6) is -0.845. The van der Waals surface area contributed by atoms with Crippen LogP contribution in [-0.2, 0) is 19.6 Å². The number of allylic oxidation sites excluding steroid dienone is 1. The number of halogens is 1. The van der Waals surface area contributed by atoms with Gasteiger partial charge in [-0.25, -0.2) is 13.4 Å². The Balaban J connectivity index is 1.37. The molecule has 48 heavy (non-hydrogen) atoms. The number of aromatic nitrogens is 1. The summed E-state index contributed by atoms with van der Waals surface area (Å²) in [5, 5.41) is 13.3. The first-order chi connectivity index (χ1) is 23.1. The number of hydrogen-bond donors (Lipinski definition) is 2. The lowest BCUT2D eigenvalue weighted by Gasteiger charge is -2.26. The lowest BCUT2D eigenvalue weighted by molar-refractivity contribution is -0.115. The van der Waals surface area contributed by atoms with Crippen molar-refractivity contribution < 1.29 is 17.9 Å². The molecular formula is C36H36ClN5O5S. The maximum absolute atomic E-state index is 14.0. The second-order valence-electron chi connectivity index (χ2n) is 11.8. The first-order valence-corrected chi connectivity index (χ1v) is 17.7. The molecule has 6 rings (SSSR count). The van der Waals surface area contributed by atoms with E-state index in [1.165, 1.54) is 4.31 Å². The molecule has 2 aliphatic rings. The Labute approximate surface area is 284 Å². The summed E-state index contributed by atoms with van der Waals surface area (Å²) in [7, 11) is -3.76. The summed E-state index contributed by atoms with van der Waals surface area (Å²) in [5.41, 5.74) is 1.79. The quantitative estimate of drug-likeness (QED) is 0.243. The van der Waals surface area contributed by atoms with Crippen LogP contribution in [0.5, 0.6) is 0 Å². The molecule has 2 atom stereocenters. The van der Waals surface area contributed by atoms with E-state index in [-0.39, 0.29) is 40.9 Å². The highest BCUT2D eigenvalue weighted by molar-refractivity contribution is 7.89. The lowest BCUT2D eigenvalue weighted by Crippen LogP contribution is -2.40. The number of para-hydroxylation sites is 1. The smallest absolute Gasteiger partial charge is 0.272 e. The van der Waals surface area contributed by atoms with Crippen LogP contribution in [0, 0.1) is 11.3 Å². The summed E-state index contributed by atoms with van der Waals surface area (Å²) in [6.45, 7) is 4.93. The number of rotatable bonds is 8. The third-order valence-electron chi connectivity index (χ3n) is 8.77. The number of pyridine rings is 1. The van der Waals surface area contributed by atoms with Gasteiger partial charge in [-0.1, -0.05) is 67.1 Å². The number of carbonyl (C=O) groups is 1. The number of nitrogens with zero attached hydrogens (tertiary/aromatic N) is 3. The van der Waals surface area contributed by atoms with Gasteiger partial charge in [0.05, 0.1) is 46.0 Å². The van der Waals surface area contributed by atoms with Crippen LogP contribution in [0.3, 0.4) is 0 Å². The summed E-state index contributed by atoms with van der Waals surface area (Å²) >= 11 is 6.47. The zero-order chi connectivity index (χ0) is 34.0.